The van der Waals surface area contributed by atoms with E-state index < -0.39 is 0 Å². The van der Waals surface area contributed by atoms with E-state index in [0.717, 1.165) is 12.8 Å². The molecule has 0 aliphatic heterocycles. The van der Waals surface area contributed by atoms with E-state index in [2.05, 4.69) is 73.1 Å². The van der Waals surface area contributed by atoms with Gasteiger partial charge >= 0.3 is 0 Å². The van der Waals surface area contributed by atoms with E-state index in [1.54, 1.807) is 11.1 Å². The molecule has 4 heteroatoms. The van der Waals surface area contributed by atoms with Gasteiger partial charge in [-0.3, -0.25) is 0 Å². The number of benzene rings is 2. The summed E-state index contributed by atoms with van der Waals surface area (Å²) in [6.07, 6.45) is 4.61. The summed E-state index contributed by atoms with van der Waals surface area (Å²) in [5.74, 6) is 0. The quantitative estimate of drug-likeness (QED) is 0.219. The van der Waals surface area contributed by atoms with E-state index in [-0.39, 0.29) is 0 Å². The van der Waals surface area contributed by atoms with Crippen molar-refractivity contribution in [3.05, 3.63) is 69.0 Å². The molecule has 0 radical (unpaired) electrons. The summed E-state index contributed by atoms with van der Waals surface area (Å²) in [6.45, 7) is 4.63. The first-order valence-corrected chi connectivity index (χ1v) is 14.7. The standard InChI is InChI=1S/C28H24S4/c1-3-5-17(27-15-21-19-11-13-29-23(19)7-9-25(21)31-27)18(6-4-2)28-16-22-20-12-14-30-24(20)8-10-26(22)32-28/h7-16H,3-6H2,1-2H3/b18-17-. The number of fused-ring (bicyclic) bond motifs is 6. The van der Waals surface area contributed by atoms with Crippen LogP contribution in [0, 0.1) is 0 Å². The maximum absolute atomic E-state index is 2.47. The Kier molecular flexibility index (Phi) is 5.42. The number of hydrogen-bond acceptors (Lipinski definition) is 4. The van der Waals surface area contributed by atoms with Gasteiger partial charge in [0.1, 0.15) is 0 Å². The third-order valence-corrected chi connectivity index (χ3v) is 10.3. The SMILES string of the molecule is CCC/C(=C(\CCC)c1cc2c(ccc3sccc32)s1)c1cc2c(ccc3sccc32)s1. The molecule has 4 heterocycles. The lowest BCUT2D eigenvalue weighted by Crippen LogP contribution is -1.89. The first kappa shape index (κ1) is 20.6. The molecule has 0 amide bonds. The first-order valence-electron chi connectivity index (χ1n) is 11.3. The highest BCUT2D eigenvalue weighted by atomic mass is 32.1. The number of hydrogen-bond donors (Lipinski definition) is 0. The summed E-state index contributed by atoms with van der Waals surface area (Å²) >= 11 is 7.63. The van der Waals surface area contributed by atoms with Crippen LogP contribution in [0.25, 0.3) is 51.5 Å². The van der Waals surface area contributed by atoms with E-state index in [1.807, 2.05) is 45.3 Å². The monoisotopic (exact) mass is 488 g/mol. The Morgan fingerprint density at radius 1 is 0.562 bits per heavy atom. The Morgan fingerprint density at radius 2 is 1.00 bits per heavy atom. The van der Waals surface area contributed by atoms with Crippen molar-refractivity contribution in [3.63, 3.8) is 0 Å². The van der Waals surface area contributed by atoms with Gasteiger partial charge in [0, 0.05) is 50.1 Å². The third kappa shape index (κ3) is 3.36. The fourth-order valence-electron chi connectivity index (χ4n) is 4.77. The molecular weight excluding hydrogens is 465 g/mol. The largest absolute Gasteiger partial charge is 0.144 e. The van der Waals surface area contributed by atoms with Crippen molar-refractivity contribution in [2.45, 2.75) is 39.5 Å². The second-order valence-corrected chi connectivity index (χ2v) is 12.4. The minimum absolute atomic E-state index is 1.14. The summed E-state index contributed by atoms with van der Waals surface area (Å²) in [5.41, 5.74) is 3.12. The third-order valence-electron chi connectivity index (χ3n) is 6.22. The van der Waals surface area contributed by atoms with Crippen molar-refractivity contribution >= 4 is 96.8 Å². The van der Waals surface area contributed by atoms with Crippen LogP contribution in [0.4, 0.5) is 0 Å². The zero-order chi connectivity index (χ0) is 21.7. The average molecular weight is 489 g/mol. The van der Waals surface area contributed by atoms with Gasteiger partial charge in [-0.1, -0.05) is 26.7 Å². The maximum atomic E-state index is 2.47. The number of allylic oxidation sites excluding steroid dienone is 2. The smallest absolute Gasteiger partial charge is 0.0356 e. The molecule has 0 spiro atoms. The van der Waals surface area contributed by atoms with E-state index in [9.17, 15) is 0 Å². The highest BCUT2D eigenvalue weighted by molar-refractivity contribution is 7.22. The van der Waals surface area contributed by atoms with Gasteiger partial charge in [0.2, 0.25) is 0 Å². The van der Waals surface area contributed by atoms with E-state index in [0.29, 0.717) is 0 Å². The second-order valence-electron chi connectivity index (χ2n) is 8.30. The van der Waals surface area contributed by atoms with Crippen molar-refractivity contribution in [1.82, 2.24) is 0 Å². The topological polar surface area (TPSA) is 0 Å². The van der Waals surface area contributed by atoms with Crippen molar-refractivity contribution in [2.75, 3.05) is 0 Å². The lowest BCUT2D eigenvalue weighted by Gasteiger charge is -2.12. The van der Waals surface area contributed by atoms with Crippen LogP contribution in [-0.4, -0.2) is 0 Å². The molecule has 160 valence electrons. The summed E-state index contributed by atoms with van der Waals surface area (Å²) in [7, 11) is 0. The van der Waals surface area contributed by atoms with Crippen LogP contribution < -0.4 is 0 Å². The lowest BCUT2D eigenvalue weighted by atomic mass is 9.96. The molecule has 0 N–H and O–H groups in total. The fraction of sp³-hybridized carbons (Fsp3) is 0.214. The number of rotatable bonds is 6. The van der Waals surface area contributed by atoms with E-state index in [1.165, 1.54) is 62.9 Å². The minimum atomic E-state index is 1.14. The highest BCUT2D eigenvalue weighted by Crippen LogP contribution is 2.44. The summed E-state index contributed by atoms with van der Waals surface area (Å²) in [5, 5.41) is 10.1. The zero-order valence-electron chi connectivity index (χ0n) is 18.2. The van der Waals surface area contributed by atoms with Crippen molar-refractivity contribution in [2.24, 2.45) is 0 Å². The second kappa shape index (κ2) is 8.42. The van der Waals surface area contributed by atoms with Crippen LogP contribution in [0.3, 0.4) is 0 Å². The Labute approximate surface area is 204 Å². The van der Waals surface area contributed by atoms with Crippen LogP contribution in [0.2, 0.25) is 0 Å². The van der Waals surface area contributed by atoms with Gasteiger partial charge in [-0.25, -0.2) is 0 Å². The van der Waals surface area contributed by atoms with Crippen LogP contribution in [0.5, 0.6) is 0 Å². The molecule has 0 saturated carbocycles. The van der Waals surface area contributed by atoms with Crippen LogP contribution >= 0.6 is 45.3 Å². The van der Waals surface area contributed by atoms with Gasteiger partial charge in [-0.15, -0.1) is 45.3 Å². The molecule has 0 saturated heterocycles. The molecule has 0 fully saturated rings. The van der Waals surface area contributed by atoms with Gasteiger partial charge in [-0.2, -0.15) is 0 Å². The lowest BCUT2D eigenvalue weighted by molar-refractivity contribution is 0.949. The molecular formula is C28H24S4. The summed E-state index contributed by atoms with van der Waals surface area (Å²) < 4.78 is 5.60. The average Bonchev–Trinajstić information content (AvgIpc) is 3.58. The molecule has 0 nitrogen and oxygen atoms in total. The molecule has 0 aliphatic rings. The molecule has 0 aliphatic carbocycles. The Balaban J connectivity index is 1.58. The predicted molar refractivity (Wildman–Crippen MR) is 151 cm³/mol. The summed E-state index contributed by atoms with van der Waals surface area (Å²) in [4.78, 5) is 2.92. The molecule has 6 aromatic rings. The van der Waals surface area contributed by atoms with Crippen LogP contribution in [0.1, 0.15) is 49.3 Å². The van der Waals surface area contributed by atoms with Gasteiger partial charge < -0.3 is 0 Å². The summed E-state index contributed by atoms with van der Waals surface area (Å²) in [6, 6.07) is 18.7. The van der Waals surface area contributed by atoms with E-state index >= 15 is 0 Å². The normalized spacial score (nSPS) is 13.1. The molecule has 0 bridgehead atoms. The van der Waals surface area contributed by atoms with Gasteiger partial charge in [-0.05, 0) is 83.3 Å². The van der Waals surface area contributed by atoms with Crippen molar-refractivity contribution in [3.8, 4) is 0 Å². The first-order chi connectivity index (χ1) is 15.8. The van der Waals surface area contributed by atoms with Crippen molar-refractivity contribution < 1.29 is 0 Å². The van der Waals surface area contributed by atoms with Crippen LogP contribution in [-0.2, 0) is 0 Å². The fourth-order valence-corrected chi connectivity index (χ4v) is 8.73. The van der Waals surface area contributed by atoms with Gasteiger partial charge in [0.15, 0.2) is 0 Å². The van der Waals surface area contributed by atoms with Crippen LogP contribution in [0.15, 0.2) is 59.3 Å². The molecule has 0 atom stereocenters. The molecule has 32 heavy (non-hydrogen) atoms. The Hall–Kier alpha value is -1.98. The van der Waals surface area contributed by atoms with Gasteiger partial charge in [0.05, 0.1) is 0 Å². The molecule has 6 rings (SSSR count). The van der Waals surface area contributed by atoms with E-state index in [4.69, 9.17) is 0 Å². The number of thiophene rings is 4. The Morgan fingerprint density at radius 3 is 1.44 bits per heavy atom. The zero-order valence-corrected chi connectivity index (χ0v) is 21.5. The predicted octanol–water partition coefficient (Wildman–Crippen LogP) is 11.1. The Bertz CT molecular complexity index is 1480. The highest BCUT2D eigenvalue weighted by Gasteiger charge is 2.17. The minimum Gasteiger partial charge on any atom is -0.144 e. The maximum Gasteiger partial charge on any atom is 0.0356 e. The van der Waals surface area contributed by atoms with Gasteiger partial charge in [0.25, 0.3) is 0 Å². The molecule has 0 unspecified atom stereocenters. The molecule has 2 aromatic carbocycles. The van der Waals surface area contributed by atoms with Crippen molar-refractivity contribution in [1.29, 1.82) is 0 Å². The molecule has 4 aromatic heterocycles.